The summed E-state index contributed by atoms with van der Waals surface area (Å²) in [7, 11) is 0. The zero-order chi connectivity index (χ0) is 15.3. The zero-order valence-electron chi connectivity index (χ0n) is 11.2. The fourth-order valence-electron chi connectivity index (χ4n) is 2.85. The Morgan fingerprint density at radius 2 is 1.82 bits per heavy atom. The maximum absolute atomic E-state index is 11.4. The lowest BCUT2D eigenvalue weighted by Crippen LogP contribution is -2.29. The van der Waals surface area contributed by atoms with Crippen LogP contribution in [0.3, 0.4) is 0 Å². The highest BCUT2D eigenvalue weighted by Gasteiger charge is 2.45. The summed E-state index contributed by atoms with van der Waals surface area (Å²) in [6, 6.07) is 10.9. The first kappa shape index (κ1) is 13.4. The third-order valence-corrected chi connectivity index (χ3v) is 4.54. The van der Waals surface area contributed by atoms with E-state index in [0.29, 0.717) is 17.2 Å². The van der Waals surface area contributed by atoms with Crippen molar-refractivity contribution in [2.24, 2.45) is 0 Å². The van der Waals surface area contributed by atoms with Crippen LogP contribution < -0.4 is 14.2 Å². The summed E-state index contributed by atoms with van der Waals surface area (Å²) >= 11 is 3.46. The van der Waals surface area contributed by atoms with Gasteiger partial charge in [0.05, 0.1) is 4.92 Å². The number of halogens is 1. The SMILES string of the molecule is O=[N+]([O-])[C@H]1Oc2cc3c(cc2[C@@H]1c1ccccc1Br)OCO3. The van der Waals surface area contributed by atoms with Crippen molar-refractivity contribution < 1.29 is 19.1 Å². The van der Waals surface area contributed by atoms with E-state index < -0.39 is 17.1 Å². The van der Waals surface area contributed by atoms with Gasteiger partial charge in [-0.2, -0.15) is 0 Å². The molecule has 7 heteroatoms. The van der Waals surface area contributed by atoms with E-state index in [9.17, 15) is 10.1 Å². The van der Waals surface area contributed by atoms with Crippen molar-refractivity contribution in [1.82, 2.24) is 0 Å². The largest absolute Gasteiger partial charge is 0.454 e. The molecule has 0 N–H and O–H groups in total. The molecular weight excluding hydrogens is 354 g/mol. The Labute approximate surface area is 133 Å². The first-order chi connectivity index (χ1) is 10.6. The Bertz CT molecular complexity index is 779. The summed E-state index contributed by atoms with van der Waals surface area (Å²) in [6.07, 6.45) is -1.17. The minimum atomic E-state index is -1.17. The molecule has 0 fully saturated rings. The molecule has 0 saturated heterocycles. The molecule has 112 valence electrons. The molecule has 2 heterocycles. The molecule has 2 aromatic carbocycles. The normalized spacial score (nSPS) is 21.3. The van der Waals surface area contributed by atoms with Gasteiger partial charge in [-0.25, -0.2) is 0 Å². The van der Waals surface area contributed by atoms with Crippen molar-refractivity contribution in [3.63, 3.8) is 0 Å². The van der Waals surface area contributed by atoms with Crippen LogP contribution >= 0.6 is 15.9 Å². The summed E-state index contributed by atoms with van der Waals surface area (Å²) < 4.78 is 17.0. The average molecular weight is 364 g/mol. The second-order valence-corrected chi connectivity index (χ2v) is 5.89. The van der Waals surface area contributed by atoms with Crippen LogP contribution in [-0.4, -0.2) is 17.9 Å². The summed E-state index contributed by atoms with van der Waals surface area (Å²) in [5.74, 6) is 1.10. The maximum atomic E-state index is 11.4. The molecule has 0 aromatic heterocycles. The molecular formula is C15H10BrNO5. The molecule has 6 nitrogen and oxygen atoms in total. The minimum Gasteiger partial charge on any atom is -0.454 e. The molecule has 0 aliphatic carbocycles. The fourth-order valence-corrected chi connectivity index (χ4v) is 3.38. The highest BCUT2D eigenvalue weighted by molar-refractivity contribution is 9.10. The Morgan fingerprint density at radius 3 is 2.55 bits per heavy atom. The standard InChI is InChI=1S/C15H10BrNO5/c16-10-4-2-1-3-8(10)14-9-5-12-13(21-7-20-12)6-11(9)22-15(14)17(18)19/h1-6,14-15H,7H2/t14-,15-/m0/s1. The van der Waals surface area contributed by atoms with Crippen molar-refractivity contribution >= 4 is 15.9 Å². The van der Waals surface area contributed by atoms with Crippen LogP contribution in [0.1, 0.15) is 17.0 Å². The van der Waals surface area contributed by atoms with Gasteiger partial charge in [0.1, 0.15) is 11.7 Å². The molecule has 0 spiro atoms. The monoisotopic (exact) mass is 363 g/mol. The predicted octanol–water partition coefficient (Wildman–Crippen LogP) is 3.30. The fraction of sp³-hybridized carbons (Fsp3) is 0.200. The van der Waals surface area contributed by atoms with Gasteiger partial charge in [0.15, 0.2) is 11.5 Å². The van der Waals surface area contributed by atoms with Gasteiger partial charge in [-0.1, -0.05) is 34.1 Å². The summed E-state index contributed by atoms with van der Waals surface area (Å²) in [5.41, 5.74) is 1.54. The number of nitrogens with zero attached hydrogens (tertiary/aromatic N) is 1. The quantitative estimate of drug-likeness (QED) is 0.604. The van der Waals surface area contributed by atoms with Gasteiger partial charge in [0, 0.05) is 16.1 Å². The molecule has 0 amide bonds. The highest BCUT2D eigenvalue weighted by Crippen LogP contribution is 2.49. The Kier molecular flexibility index (Phi) is 2.97. The van der Waals surface area contributed by atoms with Gasteiger partial charge >= 0.3 is 6.23 Å². The van der Waals surface area contributed by atoms with Crippen molar-refractivity contribution in [2.45, 2.75) is 12.1 Å². The van der Waals surface area contributed by atoms with E-state index in [1.54, 1.807) is 12.1 Å². The Balaban J connectivity index is 1.89. The van der Waals surface area contributed by atoms with Crippen molar-refractivity contribution in [3.05, 3.63) is 62.1 Å². The molecule has 2 aliphatic rings. The van der Waals surface area contributed by atoms with E-state index >= 15 is 0 Å². The molecule has 2 aliphatic heterocycles. The Hall–Kier alpha value is -2.28. The molecule has 0 bridgehead atoms. The van der Waals surface area contributed by atoms with Crippen LogP contribution in [0, 0.1) is 10.1 Å². The molecule has 4 rings (SSSR count). The van der Waals surface area contributed by atoms with Crippen molar-refractivity contribution in [2.75, 3.05) is 6.79 Å². The third kappa shape index (κ3) is 1.93. The van der Waals surface area contributed by atoms with Crippen LogP contribution in [0.25, 0.3) is 0 Å². The number of ether oxygens (including phenoxy) is 3. The lowest BCUT2D eigenvalue weighted by atomic mass is 9.91. The second kappa shape index (κ2) is 4.88. The van der Waals surface area contributed by atoms with Crippen LogP contribution in [0.4, 0.5) is 0 Å². The molecule has 0 radical (unpaired) electrons. The summed E-state index contributed by atoms with van der Waals surface area (Å²) in [4.78, 5) is 11.0. The first-order valence-electron chi connectivity index (χ1n) is 6.63. The lowest BCUT2D eigenvalue weighted by molar-refractivity contribution is -0.562. The minimum absolute atomic E-state index is 0.149. The number of benzene rings is 2. The smallest absolute Gasteiger partial charge is 0.365 e. The van der Waals surface area contributed by atoms with Crippen LogP contribution in [0.15, 0.2) is 40.9 Å². The lowest BCUT2D eigenvalue weighted by Gasteiger charge is -2.14. The van der Waals surface area contributed by atoms with Crippen molar-refractivity contribution in [1.29, 1.82) is 0 Å². The van der Waals surface area contributed by atoms with E-state index in [1.165, 1.54) is 0 Å². The highest BCUT2D eigenvalue weighted by atomic mass is 79.9. The van der Waals surface area contributed by atoms with E-state index in [2.05, 4.69) is 15.9 Å². The zero-order valence-corrected chi connectivity index (χ0v) is 12.8. The Morgan fingerprint density at radius 1 is 1.09 bits per heavy atom. The van der Waals surface area contributed by atoms with Gasteiger partial charge in [-0.15, -0.1) is 0 Å². The van der Waals surface area contributed by atoms with Gasteiger partial charge in [-0.05, 0) is 17.7 Å². The number of rotatable bonds is 2. The van der Waals surface area contributed by atoms with Gasteiger partial charge in [0.25, 0.3) is 0 Å². The van der Waals surface area contributed by atoms with E-state index in [4.69, 9.17) is 14.2 Å². The van der Waals surface area contributed by atoms with Crippen LogP contribution in [0.2, 0.25) is 0 Å². The third-order valence-electron chi connectivity index (χ3n) is 3.82. The van der Waals surface area contributed by atoms with Gasteiger partial charge < -0.3 is 14.2 Å². The number of hydrogen-bond acceptors (Lipinski definition) is 5. The maximum Gasteiger partial charge on any atom is 0.365 e. The second-order valence-electron chi connectivity index (χ2n) is 5.04. The molecule has 2 atom stereocenters. The van der Waals surface area contributed by atoms with Crippen LogP contribution in [0.5, 0.6) is 17.2 Å². The van der Waals surface area contributed by atoms with E-state index in [0.717, 1.165) is 15.6 Å². The van der Waals surface area contributed by atoms with Gasteiger partial charge in [0.2, 0.25) is 6.79 Å². The summed E-state index contributed by atoms with van der Waals surface area (Å²) in [6.45, 7) is 0.149. The molecule has 2 aromatic rings. The molecule has 0 unspecified atom stereocenters. The number of nitro groups is 1. The van der Waals surface area contributed by atoms with Crippen LogP contribution in [-0.2, 0) is 0 Å². The van der Waals surface area contributed by atoms with Crippen molar-refractivity contribution in [3.8, 4) is 17.2 Å². The van der Waals surface area contributed by atoms with E-state index in [1.807, 2.05) is 24.3 Å². The first-order valence-corrected chi connectivity index (χ1v) is 7.42. The van der Waals surface area contributed by atoms with E-state index in [-0.39, 0.29) is 6.79 Å². The number of hydrogen-bond donors (Lipinski definition) is 0. The molecule has 0 saturated carbocycles. The topological polar surface area (TPSA) is 70.8 Å². The predicted molar refractivity (Wildman–Crippen MR) is 80.0 cm³/mol. The summed E-state index contributed by atoms with van der Waals surface area (Å²) in [5, 5.41) is 11.4. The van der Waals surface area contributed by atoms with Gasteiger partial charge in [-0.3, -0.25) is 10.1 Å². The molecule has 22 heavy (non-hydrogen) atoms. The average Bonchev–Trinajstić information content (AvgIpc) is 3.09. The number of fused-ring (bicyclic) bond motifs is 2.